The average molecular weight is 278 g/mol. The molecule has 0 amide bonds. The van der Waals surface area contributed by atoms with Crippen LogP contribution in [-0.2, 0) is 11.3 Å². The Morgan fingerprint density at radius 1 is 1.25 bits per heavy atom. The fraction of sp³-hybridized carbons (Fsp3) is 0.500. The van der Waals surface area contributed by atoms with Crippen molar-refractivity contribution in [2.45, 2.75) is 6.54 Å². The highest BCUT2D eigenvalue weighted by molar-refractivity contribution is 5.27. The topological polar surface area (TPSA) is 33.7 Å². The number of rotatable bonds is 11. The molecule has 0 aliphatic rings. The molecule has 0 saturated carbocycles. The molecule has 0 spiro atoms. The van der Waals surface area contributed by atoms with Crippen molar-refractivity contribution in [1.82, 2.24) is 10.2 Å². The molecule has 0 unspecified atom stereocenters. The third-order valence-electron chi connectivity index (χ3n) is 2.97. The summed E-state index contributed by atoms with van der Waals surface area (Å²) >= 11 is 0. The van der Waals surface area contributed by atoms with Gasteiger partial charge in [0, 0.05) is 33.3 Å². The second kappa shape index (κ2) is 10.4. The highest BCUT2D eigenvalue weighted by Gasteiger charge is 1.98. The summed E-state index contributed by atoms with van der Waals surface area (Å²) < 4.78 is 10.5. The number of nitrogens with one attached hydrogen (secondary N) is 1. The zero-order chi connectivity index (χ0) is 14.6. The van der Waals surface area contributed by atoms with Gasteiger partial charge in [0.05, 0.1) is 6.61 Å². The van der Waals surface area contributed by atoms with Crippen molar-refractivity contribution in [2.24, 2.45) is 0 Å². The Morgan fingerprint density at radius 3 is 2.65 bits per heavy atom. The number of nitrogens with zero attached hydrogens (tertiary/aromatic N) is 1. The maximum Gasteiger partial charge on any atom is 0.119 e. The lowest BCUT2D eigenvalue weighted by Crippen LogP contribution is -2.31. The monoisotopic (exact) mass is 278 g/mol. The first kappa shape index (κ1) is 16.7. The molecule has 1 N–H and O–H groups in total. The number of ether oxygens (including phenoxy) is 2. The summed E-state index contributed by atoms with van der Waals surface area (Å²) in [5, 5.41) is 3.43. The number of likely N-dealkylation sites (N-methyl/N-ethyl adjacent to an activating group) is 1. The minimum Gasteiger partial charge on any atom is -0.490 e. The lowest BCUT2D eigenvalue weighted by Gasteiger charge is -2.16. The summed E-state index contributed by atoms with van der Waals surface area (Å²) in [5.41, 5.74) is 1.26. The summed E-state index contributed by atoms with van der Waals surface area (Å²) in [7, 11) is 3.83. The lowest BCUT2D eigenvalue weighted by molar-refractivity contribution is 0.161. The molecular weight excluding hydrogens is 252 g/mol. The molecule has 1 aromatic rings. The van der Waals surface area contributed by atoms with Gasteiger partial charge in [-0.3, -0.25) is 0 Å². The Hall–Kier alpha value is -1.36. The van der Waals surface area contributed by atoms with Gasteiger partial charge < -0.3 is 19.7 Å². The van der Waals surface area contributed by atoms with E-state index in [4.69, 9.17) is 9.47 Å². The van der Waals surface area contributed by atoms with Gasteiger partial charge in [-0.05, 0) is 24.7 Å². The molecule has 4 nitrogen and oxygen atoms in total. The molecule has 0 heterocycles. The lowest BCUT2D eigenvalue weighted by atomic mass is 10.2. The van der Waals surface area contributed by atoms with E-state index in [1.807, 2.05) is 12.1 Å². The summed E-state index contributed by atoms with van der Waals surface area (Å²) in [4.78, 5) is 2.25. The first-order chi connectivity index (χ1) is 9.76. The maximum absolute atomic E-state index is 5.45. The van der Waals surface area contributed by atoms with E-state index in [2.05, 4.69) is 36.0 Å². The van der Waals surface area contributed by atoms with E-state index >= 15 is 0 Å². The van der Waals surface area contributed by atoms with Crippen LogP contribution >= 0.6 is 0 Å². The first-order valence-corrected chi connectivity index (χ1v) is 6.97. The Morgan fingerprint density at radius 2 is 2.00 bits per heavy atom. The first-order valence-electron chi connectivity index (χ1n) is 6.97. The van der Waals surface area contributed by atoms with Gasteiger partial charge in [-0.2, -0.15) is 0 Å². The zero-order valence-corrected chi connectivity index (χ0v) is 12.6. The van der Waals surface area contributed by atoms with Gasteiger partial charge in [0.2, 0.25) is 0 Å². The van der Waals surface area contributed by atoms with Gasteiger partial charge in [-0.1, -0.05) is 24.8 Å². The molecule has 1 rings (SSSR count). The Bertz CT molecular complexity index is 365. The number of benzene rings is 1. The molecule has 0 aliphatic carbocycles. The number of methoxy groups -OCH3 is 1. The van der Waals surface area contributed by atoms with E-state index in [0.29, 0.717) is 6.61 Å². The quantitative estimate of drug-likeness (QED) is 0.495. The molecule has 4 heteroatoms. The van der Waals surface area contributed by atoms with Gasteiger partial charge in [-0.25, -0.2) is 0 Å². The van der Waals surface area contributed by atoms with E-state index in [9.17, 15) is 0 Å². The van der Waals surface area contributed by atoms with Crippen LogP contribution in [0.15, 0.2) is 36.9 Å². The predicted molar refractivity (Wildman–Crippen MR) is 83.2 cm³/mol. The van der Waals surface area contributed by atoms with E-state index in [1.165, 1.54) is 5.56 Å². The van der Waals surface area contributed by atoms with Gasteiger partial charge in [-0.15, -0.1) is 0 Å². The van der Waals surface area contributed by atoms with Crippen LogP contribution in [0, 0.1) is 0 Å². The molecule has 1 aromatic carbocycles. The maximum atomic E-state index is 5.45. The van der Waals surface area contributed by atoms with E-state index in [1.54, 1.807) is 13.2 Å². The third kappa shape index (κ3) is 7.28. The fourth-order valence-corrected chi connectivity index (χ4v) is 1.72. The smallest absolute Gasteiger partial charge is 0.119 e. The highest BCUT2D eigenvalue weighted by Crippen LogP contribution is 2.11. The summed E-state index contributed by atoms with van der Waals surface area (Å²) in [6.45, 7) is 8.78. The van der Waals surface area contributed by atoms with Crippen LogP contribution in [0.3, 0.4) is 0 Å². The van der Waals surface area contributed by atoms with Crippen molar-refractivity contribution in [3.05, 3.63) is 42.5 Å². The molecule has 0 saturated heterocycles. The summed E-state index contributed by atoms with van der Waals surface area (Å²) in [5.74, 6) is 0.882. The average Bonchev–Trinajstić information content (AvgIpc) is 2.48. The second-order valence-electron chi connectivity index (χ2n) is 4.72. The zero-order valence-electron chi connectivity index (χ0n) is 12.6. The largest absolute Gasteiger partial charge is 0.490 e. The van der Waals surface area contributed by atoms with Gasteiger partial charge in [0.15, 0.2) is 0 Å². The van der Waals surface area contributed by atoms with Crippen LogP contribution in [0.2, 0.25) is 0 Å². The highest BCUT2D eigenvalue weighted by atomic mass is 16.5. The van der Waals surface area contributed by atoms with Crippen molar-refractivity contribution < 1.29 is 9.47 Å². The van der Waals surface area contributed by atoms with Crippen LogP contribution in [-0.4, -0.2) is 51.9 Å². The molecule has 0 aliphatic heterocycles. The van der Waals surface area contributed by atoms with Gasteiger partial charge in [0.25, 0.3) is 0 Å². The molecule has 0 atom stereocenters. The van der Waals surface area contributed by atoms with Gasteiger partial charge in [0.1, 0.15) is 12.4 Å². The predicted octanol–water partition coefficient (Wildman–Crippen LogP) is 1.92. The standard InChI is InChI=1S/C16H26N2O2/c1-4-12-20-16-7-5-15(6-8-16)14-17-9-10-18(2)11-13-19-3/h4-8,17H,1,9-14H2,2-3H3. The van der Waals surface area contributed by atoms with Crippen molar-refractivity contribution in [3.63, 3.8) is 0 Å². The van der Waals surface area contributed by atoms with E-state index < -0.39 is 0 Å². The minimum absolute atomic E-state index is 0.547. The second-order valence-corrected chi connectivity index (χ2v) is 4.72. The summed E-state index contributed by atoms with van der Waals surface area (Å²) in [6.07, 6.45) is 1.75. The molecule has 0 bridgehead atoms. The van der Waals surface area contributed by atoms with E-state index in [-0.39, 0.29) is 0 Å². The minimum atomic E-state index is 0.547. The van der Waals surface area contributed by atoms with Crippen LogP contribution in [0.25, 0.3) is 0 Å². The summed E-state index contributed by atoms with van der Waals surface area (Å²) in [6, 6.07) is 8.15. The van der Waals surface area contributed by atoms with Crippen LogP contribution in [0.5, 0.6) is 5.75 Å². The molecular formula is C16H26N2O2. The molecule has 0 fully saturated rings. The fourth-order valence-electron chi connectivity index (χ4n) is 1.72. The Kier molecular flexibility index (Phi) is 8.71. The molecule has 0 aromatic heterocycles. The molecule has 20 heavy (non-hydrogen) atoms. The number of hydrogen-bond donors (Lipinski definition) is 1. The van der Waals surface area contributed by atoms with Gasteiger partial charge >= 0.3 is 0 Å². The van der Waals surface area contributed by atoms with Crippen LogP contribution in [0.4, 0.5) is 0 Å². The number of hydrogen-bond acceptors (Lipinski definition) is 4. The van der Waals surface area contributed by atoms with Crippen molar-refractivity contribution in [3.8, 4) is 5.75 Å². The van der Waals surface area contributed by atoms with Crippen LogP contribution < -0.4 is 10.1 Å². The van der Waals surface area contributed by atoms with Crippen molar-refractivity contribution >= 4 is 0 Å². The molecule has 0 radical (unpaired) electrons. The normalized spacial score (nSPS) is 10.8. The third-order valence-corrected chi connectivity index (χ3v) is 2.97. The van der Waals surface area contributed by atoms with Crippen LogP contribution in [0.1, 0.15) is 5.56 Å². The Balaban J connectivity index is 2.16. The molecule has 112 valence electrons. The van der Waals surface area contributed by atoms with E-state index in [0.717, 1.165) is 38.5 Å². The Labute approximate surface area is 122 Å². The SMILES string of the molecule is C=CCOc1ccc(CNCCN(C)CCOC)cc1. The van der Waals surface area contributed by atoms with Crippen molar-refractivity contribution in [2.75, 3.05) is 47.0 Å². The van der Waals surface area contributed by atoms with Crippen molar-refractivity contribution in [1.29, 1.82) is 0 Å².